The number of hydrogen-bond donors (Lipinski definition) is 1. The van der Waals surface area contributed by atoms with Crippen LogP contribution in [0, 0.1) is 15.5 Å². The molecule has 0 fully saturated rings. The Balaban J connectivity index is 2.09. The Hall–Kier alpha value is -2.63. The van der Waals surface area contributed by atoms with Gasteiger partial charge in [-0.2, -0.15) is 0 Å². The Kier molecular flexibility index (Phi) is 5.09. The van der Waals surface area contributed by atoms with E-state index in [1.807, 2.05) is 6.92 Å². The molecule has 1 atom stereocenters. The zero-order valence-corrected chi connectivity index (χ0v) is 16.3. The Morgan fingerprint density at radius 2 is 2.00 bits per heavy atom. The molecule has 1 aromatic rings. The SMILES string of the molecule is CCOC(=O)C1=C(C)NC2=C(CCC(C)(C)C2)C1c1ccc([N+](=O)[O-])cc1. The number of non-ortho nitro benzene ring substituents is 1. The number of allylic oxidation sites excluding steroid dienone is 3. The van der Waals surface area contributed by atoms with Gasteiger partial charge in [0.1, 0.15) is 0 Å². The summed E-state index contributed by atoms with van der Waals surface area (Å²) in [4.78, 5) is 23.3. The van der Waals surface area contributed by atoms with Crippen molar-refractivity contribution in [3.8, 4) is 0 Å². The summed E-state index contributed by atoms with van der Waals surface area (Å²) in [7, 11) is 0. The highest BCUT2D eigenvalue weighted by Gasteiger charge is 2.39. The lowest BCUT2D eigenvalue weighted by atomic mass is 9.69. The average molecular weight is 370 g/mol. The minimum absolute atomic E-state index is 0.0463. The Bertz CT molecular complexity index is 834. The first kappa shape index (κ1) is 19.1. The van der Waals surface area contributed by atoms with Crippen molar-refractivity contribution in [2.24, 2.45) is 5.41 Å². The van der Waals surface area contributed by atoms with E-state index in [1.165, 1.54) is 23.4 Å². The lowest BCUT2D eigenvalue weighted by Crippen LogP contribution is -2.34. The van der Waals surface area contributed by atoms with Crippen molar-refractivity contribution in [2.45, 2.75) is 52.9 Å². The molecular weight excluding hydrogens is 344 g/mol. The zero-order valence-electron chi connectivity index (χ0n) is 16.3. The summed E-state index contributed by atoms with van der Waals surface area (Å²) >= 11 is 0. The molecule has 0 saturated heterocycles. The van der Waals surface area contributed by atoms with Gasteiger partial charge in [-0.15, -0.1) is 0 Å². The quantitative estimate of drug-likeness (QED) is 0.476. The third-order valence-corrected chi connectivity index (χ3v) is 5.43. The molecule has 1 N–H and O–H groups in total. The van der Waals surface area contributed by atoms with Crippen molar-refractivity contribution >= 4 is 11.7 Å². The summed E-state index contributed by atoms with van der Waals surface area (Å²) in [6, 6.07) is 6.51. The van der Waals surface area contributed by atoms with Crippen molar-refractivity contribution in [3.05, 3.63) is 62.5 Å². The second-order valence-electron chi connectivity index (χ2n) is 8.01. The molecular formula is C21H26N2O4. The Labute approximate surface area is 159 Å². The molecule has 6 nitrogen and oxygen atoms in total. The Morgan fingerprint density at radius 1 is 1.33 bits per heavy atom. The predicted molar refractivity (Wildman–Crippen MR) is 103 cm³/mol. The van der Waals surface area contributed by atoms with Crippen LogP contribution in [0.4, 0.5) is 5.69 Å². The van der Waals surface area contributed by atoms with Crippen LogP contribution in [-0.4, -0.2) is 17.5 Å². The number of ether oxygens (including phenoxy) is 1. The van der Waals surface area contributed by atoms with E-state index in [-0.39, 0.29) is 23.0 Å². The number of nitro benzene ring substituents is 1. The van der Waals surface area contributed by atoms with E-state index in [0.29, 0.717) is 12.2 Å². The molecule has 2 aliphatic rings. The monoisotopic (exact) mass is 370 g/mol. The van der Waals surface area contributed by atoms with Crippen LogP contribution in [0.2, 0.25) is 0 Å². The molecule has 0 spiro atoms. The molecule has 1 aliphatic heterocycles. The first-order valence-electron chi connectivity index (χ1n) is 9.34. The number of benzene rings is 1. The second-order valence-corrected chi connectivity index (χ2v) is 8.01. The first-order chi connectivity index (χ1) is 12.7. The van der Waals surface area contributed by atoms with Gasteiger partial charge in [0.25, 0.3) is 5.69 Å². The largest absolute Gasteiger partial charge is 0.463 e. The number of rotatable bonds is 4. The van der Waals surface area contributed by atoms with E-state index in [0.717, 1.165) is 30.5 Å². The minimum atomic E-state index is -0.409. The molecule has 6 heteroatoms. The van der Waals surface area contributed by atoms with Crippen LogP contribution in [-0.2, 0) is 9.53 Å². The topological polar surface area (TPSA) is 81.5 Å². The summed E-state index contributed by atoms with van der Waals surface area (Å²) in [6.07, 6.45) is 2.83. The van der Waals surface area contributed by atoms with Gasteiger partial charge in [0.2, 0.25) is 0 Å². The van der Waals surface area contributed by atoms with Gasteiger partial charge in [-0.3, -0.25) is 10.1 Å². The number of nitrogens with zero attached hydrogens (tertiary/aromatic N) is 1. The highest BCUT2D eigenvalue weighted by Crippen LogP contribution is 2.48. The molecule has 144 valence electrons. The second kappa shape index (κ2) is 7.18. The van der Waals surface area contributed by atoms with Gasteiger partial charge >= 0.3 is 5.97 Å². The van der Waals surface area contributed by atoms with Gasteiger partial charge in [0.15, 0.2) is 0 Å². The molecule has 0 bridgehead atoms. The number of nitrogens with one attached hydrogen (secondary N) is 1. The van der Waals surface area contributed by atoms with Crippen LogP contribution in [0.1, 0.15) is 58.4 Å². The fraction of sp³-hybridized carbons (Fsp3) is 0.476. The van der Waals surface area contributed by atoms with Crippen LogP contribution < -0.4 is 5.32 Å². The Morgan fingerprint density at radius 3 is 2.59 bits per heavy atom. The van der Waals surface area contributed by atoms with Crippen molar-refractivity contribution in [2.75, 3.05) is 6.61 Å². The van der Waals surface area contributed by atoms with Crippen LogP contribution in [0.25, 0.3) is 0 Å². The molecule has 0 saturated carbocycles. The van der Waals surface area contributed by atoms with Crippen LogP contribution >= 0.6 is 0 Å². The molecule has 3 rings (SSSR count). The summed E-state index contributed by atoms with van der Waals surface area (Å²) in [5.74, 6) is -0.556. The normalized spacial score (nSPS) is 21.4. The molecule has 0 aromatic heterocycles. The number of esters is 1. The van der Waals surface area contributed by atoms with Gasteiger partial charge in [-0.25, -0.2) is 4.79 Å². The van der Waals surface area contributed by atoms with Crippen molar-refractivity contribution in [3.63, 3.8) is 0 Å². The molecule has 1 aromatic carbocycles. The van der Waals surface area contributed by atoms with Crippen molar-refractivity contribution < 1.29 is 14.5 Å². The van der Waals surface area contributed by atoms with E-state index in [4.69, 9.17) is 4.74 Å². The van der Waals surface area contributed by atoms with E-state index in [1.54, 1.807) is 19.1 Å². The van der Waals surface area contributed by atoms with Crippen molar-refractivity contribution in [1.29, 1.82) is 0 Å². The van der Waals surface area contributed by atoms with Gasteiger partial charge in [0.05, 0.1) is 17.1 Å². The lowest BCUT2D eigenvalue weighted by molar-refractivity contribution is -0.384. The molecule has 1 heterocycles. The molecule has 1 unspecified atom stereocenters. The number of dihydropyridines is 1. The summed E-state index contributed by atoms with van der Waals surface area (Å²) in [5.41, 5.74) is 4.89. The summed E-state index contributed by atoms with van der Waals surface area (Å²) < 4.78 is 5.32. The van der Waals surface area contributed by atoms with E-state index in [2.05, 4.69) is 19.2 Å². The standard InChI is InChI=1S/C21H26N2O4/c1-5-27-20(24)18-13(2)22-17-12-21(3,4)11-10-16(17)19(18)14-6-8-15(9-7-14)23(25)26/h6-9,19,22H,5,10-12H2,1-4H3. The third kappa shape index (κ3) is 3.75. The summed E-state index contributed by atoms with van der Waals surface area (Å²) in [6.45, 7) is 8.49. The molecule has 27 heavy (non-hydrogen) atoms. The first-order valence-corrected chi connectivity index (χ1v) is 9.34. The lowest BCUT2D eigenvalue weighted by Gasteiger charge is -2.40. The van der Waals surface area contributed by atoms with E-state index >= 15 is 0 Å². The fourth-order valence-corrected chi connectivity index (χ4v) is 4.07. The fourth-order valence-electron chi connectivity index (χ4n) is 4.07. The summed E-state index contributed by atoms with van der Waals surface area (Å²) in [5, 5.41) is 14.4. The highest BCUT2D eigenvalue weighted by molar-refractivity contribution is 5.92. The highest BCUT2D eigenvalue weighted by atomic mass is 16.6. The average Bonchev–Trinajstić information content (AvgIpc) is 2.59. The third-order valence-electron chi connectivity index (χ3n) is 5.43. The van der Waals surface area contributed by atoms with E-state index in [9.17, 15) is 14.9 Å². The maximum absolute atomic E-state index is 12.7. The van der Waals surface area contributed by atoms with Gasteiger partial charge in [-0.05, 0) is 49.7 Å². The van der Waals surface area contributed by atoms with Crippen molar-refractivity contribution in [1.82, 2.24) is 5.32 Å². The number of nitro groups is 1. The number of hydrogen-bond acceptors (Lipinski definition) is 5. The van der Waals surface area contributed by atoms with Crippen LogP contribution in [0.5, 0.6) is 0 Å². The minimum Gasteiger partial charge on any atom is -0.463 e. The van der Waals surface area contributed by atoms with E-state index < -0.39 is 4.92 Å². The molecule has 0 radical (unpaired) electrons. The number of carbonyl (C=O) groups is 1. The van der Waals surface area contributed by atoms with Crippen LogP contribution in [0.3, 0.4) is 0 Å². The predicted octanol–water partition coefficient (Wildman–Crippen LogP) is 4.58. The smallest absolute Gasteiger partial charge is 0.336 e. The van der Waals surface area contributed by atoms with Gasteiger partial charge in [-0.1, -0.05) is 26.0 Å². The van der Waals surface area contributed by atoms with Crippen LogP contribution in [0.15, 0.2) is 46.8 Å². The molecule has 0 amide bonds. The maximum atomic E-state index is 12.7. The zero-order chi connectivity index (χ0) is 19.8. The van der Waals surface area contributed by atoms with Gasteiger partial charge < -0.3 is 10.1 Å². The number of carbonyl (C=O) groups excluding carboxylic acids is 1. The molecule has 1 aliphatic carbocycles. The van der Waals surface area contributed by atoms with Gasteiger partial charge in [0, 0.05) is 29.4 Å². The maximum Gasteiger partial charge on any atom is 0.336 e.